The number of anilines is 1. The van der Waals surface area contributed by atoms with Crippen molar-refractivity contribution in [1.29, 1.82) is 0 Å². The van der Waals surface area contributed by atoms with Crippen LogP contribution < -0.4 is 10.2 Å². The number of ether oxygens (including phenoxy) is 1. The summed E-state index contributed by atoms with van der Waals surface area (Å²) in [5.74, 6) is -6.97. The Morgan fingerprint density at radius 3 is 2.45 bits per heavy atom. The normalized spacial score (nSPS) is 26.2. The standard InChI is InChI=1S/C38H28Cl2F3IN4O6S/c1-54-28-12-17(11-27(44)31(28)49)30-22-8-9-23-29(35(52)47(33(23)50)16-21-3-2-10-55-21)24(22)14-25-34(51)48(36(53)37(25,30)18-4-6-20(39)7-5-18)46-32-26(40)13-19(15-45-32)38(41,42)43/h2-8,10-13,15,23-25,29-30,49H,9,14,16H2,1H3,(H,45,46). The highest BCUT2D eigenvalue weighted by Crippen LogP contribution is 2.64. The van der Waals surface area contributed by atoms with E-state index in [9.17, 15) is 32.7 Å². The molecule has 8 rings (SSSR count). The van der Waals surface area contributed by atoms with Crippen molar-refractivity contribution in [3.05, 3.63) is 113 Å². The van der Waals surface area contributed by atoms with E-state index in [0.29, 0.717) is 37.6 Å². The van der Waals surface area contributed by atoms with Crippen molar-refractivity contribution in [3.8, 4) is 11.5 Å². The van der Waals surface area contributed by atoms with Gasteiger partial charge >= 0.3 is 6.18 Å². The molecule has 0 radical (unpaired) electrons. The summed E-state index contributed by atoms with van der Waals surface area (Å²) >= 11 is 16.0. The molecule has 2 aromatic heterocycles. The maximum atomic E-state index is 15.4. The molecule has 284 valence electrons. The van der Waals surface area contributed by atoms with Gasteiger partial charge in [0, 0.05) is 22.0 Å². The smallest absolute Gasteiger partial charge is 0.417 e. The number of carbonyl (C=O) groups is 4. The molecular weight excluding hydrogens is 895 g/mol. The summed E-state index contributed by atoms with van der Waals surface area (Å²) < 4.78 is 46.4. The van der Waals surface area contributed by atoms with E-state index in [1.54, 1.807) is 36.4 Å². The molecule has 6 unspecified atom stereocenters. The molecule has 55 heavy (non-hydrogen) atoms. The molecular formula is C38H28Cl2F3IN4O6S. The van der Waals surface area contributed by atoms with Gasteiger partial charge in [0.05, 0.1) is 51.0 Å². The highest BCUT2D eigenvalue weighted by atomic mass is 127. The maximum Gasteiger partial charge on any atom is 0.417 e. The molecule has 10 nitrogen and oxygen atoms in total. The van der Waals surface area contributed by atoms with Gasteiger partial charge in [-0.2, -0.15) is 18.2 Å². The van der Waals surface area contributed by atoms with Crippen LogP contribution in [-0.4, -0.2) is 50.7 Å². The molecule has 4 heterocycles. The topological polar surface area (TPSA) is 129 Å². The van der Waals surface area contributed by atoms with Crippen molar-refractivity contribution >= 4 is 86.6 Å². The lowest BCUT2D eigenvalue weighted by molar-refractivity contribution is -0.142. The molecule has 4 amide bonds. The van der Waals surface area contributed by atoms with Crippen molar-refractivity contribution in [2.24, 2.45) is 23.7 Å². The molecule has 2 aliphatic heterocycles. The minimum atomic E-state index is -4.75. The largest absolute Gasteiger partial charge is 0.504 e. The predicted molar refractivity (Wildman–Crippen MR) is 204 cm³/mol. The van der Waals surface area contributed by atoms with Crippen LogP contribution in [0.2, 0.25) is 10.0 Å². The van der Waals surface area contributed by atoms with Gasteiger partial charge in [-0.05, 0) is 94.3 Å². The van der Waals surface area contributed by atoms with E-state index in [-0.39, 0.29) is 48.5 Å². The van der Waals surface area contributed by atoms with Crippen molar-refractivity contribution < 1.29 is 42.2 Å². The number of imide groups is 2. The third-order valence-corrected chi connectivity index (χ3v) is 13.4. The summed E-state index contributed by atoms with van der Waals surface area (Å²) in [4.78, 5) is 64.4. The molecule has 2 aliphatic carbocycles. The minimum absolute atomic E-state index is 0.0266. The van der Waals surface area contributed by atoms with Crippen LogP contribution in [0.4, 0.5) is 19.0 Å². The molecule has 2 N–H and O–H groups in total. The Kier molecular flexibility index (Phi) is 9.45. The first-order chi connectivity index (χ1) is 26.2. The first kappa shape index (κ1) is 37.7. The van der Waals surface area contributed by atoms with Gasteiger partial charge < -0.3 is 9.84 Å². The summed E-state index contributed by atoms with van der Waals surface area (Å²) in [7, 11) is 1.38. The number of fused-ring (bicyclic) bond motifs is 4. The number of nitrogens with zero attached hydrogens (tertiary/aromatic N) is 3. The lowest BCUT2D eigenvalue weighted by atomic mass is 9.49. The number of carbonyl (C=O) groups excluding carboxylic acids is 4. The SMILES string of the molecule is COc1cc(C2C3=CCC4C(=O)N(Cc5cccs5)C(=O)C4C3CC3C(=O)N(Nc4ncc(C(F)(F)F)cc4Cl)C(=O)C32c2ccc(Cl)cc2)cc(I)c1O. The molecule has 0 spiro atoms. The first-order valence-corrected chi connectivity index (χ1v) is 19.7. The Morgan fingerprint density at radius 1 is 1.05 bits per heavy atom. The van der Waals surface area contributed by atoms with E-state index in [1.165, 1.54) is 23.3 Å². The van der Waals surface area contributed by atoms with Gasteiger partial charge in [-0.3, -0.25) is 29.5 Å². The van der Waals surface area contributed by atoms with Gasteiger partial charge in [0.2, 0.25) is 11.8 Å². The number of benzene rings is 2. The monoisotopic (exact) mass is 922 g/mol. The fraction of sp³-hybridized carbons (Fsp3) is 0.289. The number of hydrogen-bond donors (Lipinski definition) is 2. The molecule has 0 bridgehead atoms. The number of phenols is 1. The van der Waals surface area contributed by atoms with Gasteiger partial charge in [0.15, 0.2) is 17.3 Å². The number of allylic oxidation sites excluding steroid dienone is 2. The van der Waals surface area contributed by atoms with E-state index < -0.39 is 63.6 Å². The number of thiophene rings is 1. The molecule has 2 saturated heterocycles. The van der Waals surface area contributed by atoms with Crippen LogP contribution in [0.5, 0.6) is 11.5 Å². The number of aromatic nitrogens is 1. The number of likely N-dealkylation sites (tertiary alicyclic amines) is 1. The number of nitrogens with one attached hydrogen (secondary N) is 1. The van der Waals surface area contributed by atoms with Crippen molar-refractivity contribution in [2.45, 2.75) is 36.9 Å². The average Bonchev–Trinajstić information content (AvgIpc) is 3.81. The number of hydrazine groups is 1. The zero-order valence-corrected chi connectivity index (χ0v) is 32.9. The molecule has 17 heteroatoms. The second-order valence-corrected chi connectivity index (χ2v) is 16.9. The number of phenolic OH excluding ortho intramolecular Hbond substituents is 1. The Balaban J connectivity index is 1.32. The zero-order valence-electron chi connectivity index (χ0n) is 28.4. The van der Waals surface area contributed by atoms with Crippen molar-refractivity contribution in [3.63, 3.8) is 0 Å². The van der Waals surface area contributed by atoms with Crippen LogP contribution in [-0.2, 0) is 37.3 Å². The Hall–Kier alpha value is -4.19. The molecule has 3 fully saturated rings. The number of halogens is 6. The summed E-state index contributed by atoms with van der Waals surface area (Å²) in [6, 6.07) is 14.0. The second kappa shape index (κ2) is 13.8. The van der Waals surface area contributed by atoms with Crippen LogP contribution >= 0.6 is 57.1 Å². The van der Waals surface area contributed by atoms with E-state index in [1.807, 2.05) is 46.2 Å². The molecule has 4 aromatic rings. The van der Waals surface area contributed by atoms with E-state index in [4.69, 9.17) is 27.9 Å². The second-order valence-electron chi connectivity index (χ2n) is 13.8. The van der Waals surface area contributed by atoms with Crippen LogP contribution in [0.1, 0.15) is 40.3 Å². The average molecular weight is 924 g/mol. The molecule has 1 saturated carbocycles. The number of methoxy groups -OCH3 is 1. The molecule has 6 atom stereocenters. The number of alkyl halides is 3. The van der Waals surface area contributed by atoms with E-state index in [2.05, 4.69) is 10.4 Å². The number of aromatic hydroxyl groups is 1. The first-order valence-electron chi connectivity index (χ1n) is 16.9. The van der Waals surface area contributed by atoms with Crippen molar-refractivity contribution in [2.75, 3.05) is 12.5 Å². The third-order valence-electron chi connectivity index (χ3n) is 11.1. The predicted octanol–water partition coefficient (Wildman–Crippen LogP) is 7.97. The van der Waals surface area contributed by atoms with Gasteiger partial charge in [0.1, 0.15) is 0 Å². The van der Waals surface area contributed by atoms with Gasteiger partial charge in [-0.15, -0.1) is 11.3 Å². The van der Waals surface area contributed by atoms with Crippen LogP contribution in [0.25, 0.3) is 0 Å². The lowest BCUT2D eigenvalue weighted by Crippen LogP contribution is -2.53. The number of rotatable bonds is 7. The summed E-state index contributed by atoms with van der Waals surface area (Å²) in [6.07, 6.45) is -2.15. The van der Waals surface area contributed by atoms with E-state index in [0.717, 1.165) is 9.89 Å². The fourth-order valence-electron chi connectivity index (χ4n) is 8.85. The van der Waals surface area contributed by atoms with Crippen LogP contribution in [0.15, 0.2) is 77.8 Å². The number of pyridine rings is 1. The van der Waals surface area contributed by atoms with Gasteiger partial charge in [-0.25, -0.2) is 4.98 Å². The third kappa shape index (κ3) is 5.91. The molecule has 4 aliphatic rings. The highest BCUT2D eigenvalue weighted by Gasteiger charge is 2.70. The van der Waals surface area contributed by atoms with Crippen LogP contribution in [0.3, 0.4) is 0 Å². The maximum absolute atomic E-state index is 15.4. The van der Waals surface area contributed by atoms with Gasteiger partial charge in [0.25, 0.3) is 11.8 Å². The Morgan fingerprint density at radius 2 is 1.80 bits per heavy atom. The highest BCUT2D eigenvalue weighted by molar-refractivity contribution is 14.1. The number of amides is 4. The molecule has 2 aromatic carbocycles. The summed E-state index contributed by atoms with van der Waals surface area (Å²) in [6.45, 7) is 0.106. The summed E-state index contributed by atoms with van der Waals surface area (Å²) in [5.41, 5.74) is 1.30. The number of hydrogen-bond acceptors (Lipinski definition) is 9. The Labute approximate surface area is 339 Å². The zero-order chi connectivity index (χ0) is 39.1. The van der Waals surface area contributed by atoms with Crippen molar-refractivity contribution in [1.82, 2.24) is 14.9 Å². The fourth-order valence-corrected chi connectivity index (χ4v) is 10.5. The Bertz CT molecular complexity index is 2310. The quantitative estimate of drug-likeness (QED) is 0.109. The minimum Gasteiger partial charge on any atom is -0.504 e. The van der Waals surface area contributed by atoms with E-state index >= 15 is 4.79 Å². The summed E-state index contributed by atoms with van der Waals surface area (Å²) in [5, 5.41) is 13.4. The van der Waals surface area contributed by atoms with Crippen LogP contribution in [0, 0.1) is 27.2 Å². The lowest BCUT2D eigenvalue weighted by Gasteiger charge is -2.50. The van der Waals surface area contributed by atoms with Gasteiger partial charge in [-0.1, -0.05) is 53.1 Å².